The number of aryl methyl sites for hydroxylation is 1. The summed E-state index contributed by atoms with van der Waals surface area (Å²) in [5.74, 6) is 0.508. The van der Waals surface area contributed by atoms with Crippen molar-refractivity contribution in [2.45, 2.75) is 24.5 Å². The molecule has 2 rings (SSSR count). The molecule has 0 saturated carbocycles. The minimum Gasteiger partial charge on any atom is -0.380 e. The zero-order chi connectivity index (χ0) is 14.0. The molecule has 1 aromatic heterocycles. The molecule has 2 aromatic rings. The number of aromatic nitrogens is 2. The SMILES string of the molecule is CCn1ccnc1C(O)c1cccc(S(C)(=O)=O)c1. The van der Waals surface area contributed by atoms with E-state index < -0.39 is 15.9 Å². The van der Waals surface area contributed by atoms with Gasteiger partial charge < -0.3 is 9.67 Å². The topological polar surface area (TPSA) is 72.2 Å². The smallest absolute Gasteiger partial charge is 0.175 e. The predicted octanol–water partition coefficient (Wildman–Crippen LogP) is 1.39. The summed E-state index contributed by atoms with van der Waals surface area (Å²) in [5.41, 5.74) is 0.517. The highest BCUT2D eigenvalue weighted by atomic mass is 32.2. The average Bonchev–Trinajstić information content (AvgIpc) is 2.85. The zero-order valence-corrected chi connectivity index (χ0v) is 11.6. The lowest BCUT2D eigenvalue weighted by Crippen LogP contribution is -2.09. The number of benzene rings is 1. The molecule has 1 N–H and O–H groups in total. The van der Waals surface area contributed by atoms with E-state index in [1.54, 1.807) is 24.5 Å². The van der Waals surface area contributed by atoms with Gasteiger partial charge in [-0.3, -0.25) is 0 Å². The molecular formula is C13H16N2O3S. The van der Waals surface area contributed by atoms with Crippen LogP contribution >= 0.6 is 0 Å². The molecule has 0 aliphatic heterocycles. The summed E-state index contributed by atoms with van der Waals surface area (Å²) in [6.45, 7) is 2.64. The summed E-state index contributed by atoms with van der Waals surface area (Å²) in [7, 11) is -3.28. The molecule has 5 nitrogen and oxygen atoms in total. The van der Waals surface area contributed by atoms with Crippen LogP contribution in [0.5, 0.6) is 0 Å². The maximum absolute atomic E-state index is 11.5. The standard InChI is InChI=1S/C13H16N2O3S/c1-3-15-8-7-14-13(15)12(16)10-5-4-6-11(9-10)19(2,17)18/h4-9,12,16H,3H2,1-2H3. The molecule has 0 aliphatic rings. The molecule has 1 unspecified atom stereocenters. The van der Waals surface area contributed by atoms with Crippen LogP contribution in [0.1, 0.15) is 24.4 Å². The Morgan fingerprint density at radius 3 is 2.79 bits per heavy atom. The Labute approximate surface area is 112 Å². The maximum atomic E-state index is 11.5. The van der Waals surface area contributed by atoms with Crippen molar-refractivity contribution in [3.05, 3.63) is 48.0 Å². The molecule has 0 fully saturated rings. The molecule has 0 saturated heterocycles. The lowest BCUT2D eigenvalue weighted by atomic mass is 10.1. The third kappa shape index (κ3) is 2.85. The minimum atomic E-state index is -3.28. The number of imidazole rings is 1. The highest BCUT2D eigenvalue weighted by Crippen LogP contribution is 2.23. The normalized spacial score (nSPS) is 13.4. The second-order valence-electron chi connectivity index (χ2n) is 4.32. The number of aliphatic hydroxyl groups is 1. The van der Waals surface area contributed by atoms with E-state index in [1.165, 1.54) is 12.1 Å². The Morgan fingerprint density at radius 2 is 2.16 bits per heavy atom. The molecular weight excluding hydrogens is 264 g/mol. The van der Waals surface area contributed by atoms with Gasteiger partial charge in [-0.15, -0.1) is 0 Å². The van der Waals surface area contributed by atoms with Crippen molar-refractivity contribution in [2.75, 3.05) is 6.26 Å². The lowest BCUT2D eigenvalue weighted by Gasteiger charge is -2.13. The summed E-state index contributed by atoms with van der Waals surface area (Å²) in [6, 6.07) is 6.30. The number of aliphatic hydroxyl groups excluding tert-OH is 1. The van der Waals surface area contributed by atoms with Crippen molar-refractivity contribution in [3.63, 3.8) is 0 Å². The number of hydrogen-bond donors (Lipinski definition) is 1. The summed E-state index contributed by atoms with van der Waals surface area (Å²) in [6.07, 6.45) is 3.60. The molecule has 0 aliphatic carbocycles. The number of nitrogens with zero attached hydrogens (tertiary/aromatic N) is 2. The van der Waals surface area contributed by atoms with Crippen molar-refractivity contribution in [1.82, 2.24) is 9.55 Å². The highest BCUT2D eigenvalue weighted by Gasteiger charge is 2.17. The van der Waals surface area contributed by atoms with Crippen molar-refractivity contribution in [2.24, 2.45) is 0 Å². The third-order valence-electron chi connectivity index (χ3n) is 2.93. The van der Waals surface area contributed by atoms with Gasteiger partial charge in [0.1, 0.15) is 11.9 Å². The van der Waals surface area contributed by atoms with Crippen LogP contribution in [0, 0.1) is 0 Å². The summed E-state index contributed by atoms with van der Waals surface area (Å²) in [5, 5.41) is 10.3. The fourth-order valence-electron chi connectivity index (χ4n) is 1.90. The molecule has 1 aromatic carbocycles. The van der Waals surface area contributed by atoms with Gasteiger partial charge in [-0.05, 0) is 24.6 Å². The molecule has 0 spiro atoms. The van der Waals surface area contributed by atoms with Crippen molar-refractivity contribution in [1.29, 1.82) is 0 Å². The Bertz CT molecular complexity index is 677. The van der Waals surface area contributed by atoms with Gasteiger partial charge in [0.25, 0.3) is 0 Å². The van der Waals surface area contributed by atoms with Crippen LogP contribution in [-0.4, -0.2) is 29.3 Å². The van der Waals surface area contributed by atoms with Gasteiger partial charge in [-0.1, -0.05) is 12.1 Å². The monoisotopic (exact) mass is 280 g/mol. The first-order valence-corrected chi connectivity index (χ1v) is 7.81. The average molecular weight is 280 g/mol. The van der Waals surface area contributed by atoms with Crippen LogP contribution in [0.4, 0.5) is 0 Å². The van der Waals surface area contributed by atoms with E-state index in [2.05, 4.69) is 4.98 Å². The first-order valence-electron chi connectivity index (χ1n) is 5.92. The Kier molecular flexibility index (Phi) is 3.73. The van der Waals surface area contributed by atoms with E-state index in [4.69, 9.17) is 0 Å². The van der Waals surface area contributed by atoms with Gasteiger partial charge in [0.2, 0.25) is 0 Å². The van der Waals surface area contributed by atoms with Crippen LogP contribution in [0.3, 0.4) is 0 Å². The molecule has 19 heavy (non-hydrogen) atoms. The fourth-order valence-corrected chi connectivity index (χ4v) is 2.58. The third-order valence-corrected chi connectivity index (χ3v) is 4.05. The second kappa shape index (κ2) is 5.14. The van der Waals surface area contributed by atoms with Crippen LogP contribution in [0.25, 0.3) is 0 Å². The van der Waals surface area contributed by atoms with Gasteiger partial charge in [0, 0.05) is 25.2 Å². The molecule has 0 bridgehead atoms. The Morgan fingerprint density at radius 1 is 1.42 bits per heavy atom. The molecule has 6 heteroatoms. The first kappa shape index (κ1) is 13.8. The van der Waals surface area contributed by atoms with E-state index in [0.717, 1.165) is 6.26 Å². The lowest BCUT2D eigenvalue weighted by molar-refractivity contribution is 0.204. The number of sulfone groups is 1. The molecule has 0 amide bonds. The first-order chi connectivity index (χ1) is 8.93. The van der Waals surface area contributed by atoms with Crippen molar-refractivity contribution < 1.29 is 13.5 Å². The van der Waals surface area contributed by atoms with Gasteiger partial charge in [-0.25, -0.2) is 13.4 Å². The summed E-state index contributed by atoms with van der Waals surface area (Å²) < 4.78 is 24.8. The Hall–Kier alpha value is -1.66. The minimum absolute atomic E-state index is 0.193. The van der Waals surface area contributed by atoms with Gasteiger partial charge in [-0.2, -0.15) is 0 Å². The molecule has 0 radical (unpaired) electrons. The number of rotatable bonds is 4. The summed E-state index contributed by atoms with van der Waals surface area (Å²) >= 11 is 0. The van der Waals surface area contributed by atoms with Crippen molar-refractivity contribution >= 4 is 9.84 Å². The second-order valence-corrected chi connectivity index (χ2v) is 6.33. The summed E-state index contributed by atoms with van der Waals surface area (Å²) in [4.78, 5) is 4.31. The van der Waals surface area contributed by atoms with Gasteiger partial charge >= 0.3 is 0 Å². The van der Waals surface area contributed by atoms with Crippen LogP contribution in [0.15, 0.2) is 41.6 Å². The fraction of sp³-hybridized carbons (Fsp3) is 0.308. The van der Waals surface area contributed by atoms with Crippen LogP contribution in [0.2, 0.25) is 0 Å². The number of hydrogen-bond acceptors (Lipinski definition) is 4. The van der Waals surface area contributed by atoms with E-state index in [1.807, 2.05) is 11.5 Å². The van der Waals surface area contributed by atoms with Crippen LogP contribution in [-0.2, 0) is 16.4 Å². The molecule has 1 atom stereocenters. The molecule has 1 heterocycles. The quantitative estimate of drug-likeness (QED) is 0.918. The predicted molar refractivity (Wildman–Crippen MR) is 71.5 cm³/mol. The highest BCUT2D eigenvalue weighted by molar-refractivity contribution is 7.90. The van der Waals surface area contributed by atoms with Crippen LogP contribution < -0.4 is 0 Å². The van der Waals surface area contributed by atoms with E-state index in [-0.39, 0.29) is 4.90 Å². The van der Waals surface area contributed by atoms with Gasteiger partial charge in [0.05, 0.1) is 4.90 Å². The largest absolute Gasteiger partial charge is 0.380 e. The maximum Gasteiger partial charge on any atom is 0.175 e. The zero-order valence-electron chi connectivity index (χ0n) is 10.8. The Balaban J connectivity index is 2.42. The van der Waals surface area contributed by atoms with E-state index >= 15 is 0 Å². The van der Waals surface area contributed by atoms with Gasteiger partial charge in [0.15, 0.2) is 9.84 Å². The van der Waals surface area contributed by atoms with E-state index in [9.17, 15) is 13.5 Å². The van der Waals surface area contributed by atoms with E-state index in [0.29, 0.717) is 17.9 Å². The molecule has 102 valence electrons. The van der Waals surface area contributed by atoms with Crippen molar-refractivity contribution in [3.8, 4) is 0 Å².